The molecule has 28 heavy (non-hydrogen) atoms. The number of H-pyrrole nitrogens is 1. The number of carbonyl (C=O) groups excluding carboxylic acids is 2. The van der Waals surface area contributed by atoms with Gasteiger partial charge in [-0.05, 0) is 37.1 Å². The van der Waals surface area contributed by atoms with Gasteiger partial charge >= 0.3 is 12.1 Å². The van der Waals surface area contributed by atoms with Gasteiger partial charge < -0.3 is 19.8 Å². The van der Waals surface area contributed by atoms with Crippen molar-refractivity contribution in [3.8, 4) is 0 Å². The molecule has 0 radical (unpaired) electrons. The summed E-state index contributed by atoms with van der Waals surface area (Å²) in [5.74, 6) is -0.509. The molecule has 3 rings (SSSR count). The van der Waals surface area contributed by atoms with E-state index in [0.29, 0.717) is 0 Å². The smallest absolute Gasteiger partial charge is 0.408 e. The number of nitrogens with zero attached hydrogens (tertiary/aromatic N) is 1. The first-order valence-corrected chi connectivity index (χ1v) is 9.11. The Morgan fingerprint density at radius 1 is 1.14 bits per heavy atom. The molecule has 2 N–H and O–H groups in total. The molecular formula is C21H23N3O4. The minimum Gasteiger partial charge on any atom is -0.461 e. The van der Waals surface area contributed by atoms with Crippen molar-refractivity contribution < 1.29 is 19.1 Å². The number of hydrogen-bond acceptors (Lipinski definition) is 5. The Hall–Kier alpha value is -3.35. The molecule has 0 fully saturated rings. The quantitative estimate of drug-likeness (QED) is 0.612. The van der Waals surface area contributed by atoms with E-state index in [1.807, 2.05) is 42.5 Å². The lowest BCUT2D eigenvalue weighted by molar-refractivity contribution is -0.149. The van der Waals surface area contributed by atoms with Crippen molar-refractivity contribution in [3.63, 3.8) is 0 Å². The fourth-order valence-corrected chi connectivity index (χ4v) is 2.82. The van der Waals surface area contributed by atoms with Crippen LogP contribution in [0.4, 0.5) is 4.79 Å². The van der Waals surface area contributed by atoms with Crippen LogP contribution in [0.25, 0.3) is 11.0 Å². The molecule has 0 saturated carbocycles. The number of amides is 1. The third-order valence-corrected chi connectivity index (χ3v) is 4.10. The molecule has 0 bridgehead atoms. The molecule has 1 aromatic carbocycles. The Morgan fingerprint density at radius 2 is 1.93 bits per heavy atom. The van der Waals surface area contributed by atoms with Gasteiger partial charge in [0, 0.05) is 24.2 Å². The fourth-order valence-electron chi connectivity index (χ4n) is 2.82. The summed E-state index contributed by atoms with van der Waals surface area (Å²) >= 11 is 0. The van der Waals surface area contributed by atoms with Crippen LogP contribution in [0.3, 0.4) is 0 Å². The first-order valence-electron chi connectivity index (χ1n) is 9.11. The van der Waals surface area contributed by atoms with Gasteiger partial charge in [-0.25, -0.2) is 14.6 Å². The molecule has 3 aromatic rings. The first kappa shape index (κ1) is 19.4. The van der Waals surface area contributed by atoms with Gasteiger partial charge in [0.15, 0.2) is 0 Å². The molecular weight excluding hydrogens is 358 g/mol. The van der Waals surface area contributed by atoms with E-state index < -0.39 is 18.1 Å². The maximum absolute atomic E-state index is 12.5. The van der Waals surface area contributed by atoms with Crippen LogP contribution in [0, 0.1) is 0 Å². The minimum absolute atomic E-state index is 0.121. The molecule has 2 heterocycles. The van der Waals surface area contributed by atoms with Crippen LogP contribution in [-0.2, 0) is 27.3 Å². The number of aromatic nitrogens is 2. The zero-order chi connectivity index (χ0) is 19.9. The predicted octanol–water partition coefficient (Wildman–Crippen LogP) is 3.35. The maximum atomic E-state index is 12.5. The van der Waals surface area contributed by atoms with Crippen LogP contribution < -0.4 is 5.32 Å². The number of nitrogens with one attached hydrogen (secondary N) is 2. The summed E-state index contributed by atoms with van der Waals surface area (Å²) in [5.41, 5.74) is 2.44. The molecule has 1 atom stereocenters. The van der Waals surface area contributed by atoms with Crippen molar-refractivity contribution in [2.45, 2.75) is 39.0 Å². The highest BCUT2D eigenvalue weighted by Gasteiger charge is 2.25. The van der Waals surface area contributed by atoms with Crippen molar-refractivity contribution in [1.82, 2.24) is 15.3 Å². The lowest BCUT2D eigenvalue weighted by atomic mass is 10.1. The van der Waals surface area contributed by atoms with Crippen molar-refractivity contribution in [3.05, 3.63) is 66.0 Å². The lowest BCUT2D eigenvalue weighted by Crippen LogP contribution is -2.44. The molecule has 0 unspecified atom stereocenters. The molecule has 0 spiro atoms. The van der Waals surface area contributed by atoms with Crippen LogP contribution in [0.1, 0.15) is 25.0 Å². The molecule has 2 aromatic heterocycles. The maximum Gasteiger partial charge on any atom is 0.408 e. The molecule has 7 nitrogen and oxygen atoms in total. The molecule has 0 aliphatic rings. The highest BCUT2D eigenvalue weighted by molar-refractivity contribution is 5.84. The normalized spacial score (nSPS) is 12.0. The third-order valence-electron chi connectivity index (χ3n) is 4.10. The second-order valence-corrected chi connectivity index (χ2v) is 6.66. The van der Waals surface area contributed by atoms with Gasteiger partial charge in [-0.15, -0.1) is 0 Å². The predicted molar refractivity (Wildman–Crippen MR) is 105 cm³/mol. The lowest BCUT2D eigenvalue weighted by Gasteiger charge is -2.19. The number of carbonyl (C=O) groups is 2. The Balaban J connectivity index is 1.69. The highest BCUT2D eigenvalue weighted by Crippen LogP contribution is 2.18. The summed E-state index contributed by atoms with van der Waals surface area (Å²) in [6, 6.07) is 12.2. The van der Waals surface area contributed by atoms with Gasteiger partial charge in [-0.2, -0.15) is 0 Å². The van der Waals surface area contributed by atoms with Gasteiger partial charge in [0.2, 0.25) is 0 Å². The zero-order valence-corrected chi connectivity index (χ0v) is 15.8. The number of esters is 1. The standard InChI is InChI=1S/C21H23N3O4/c1-14(2)28-20(25)18(11-16-12-23-19-17(16)9-6-10-22-19)24-21(26)27-13-15-7-4-3-5-8-15/h3-10,12,14,18H,11,13H2,1-2H3,(H,22,23)(H,24,26)/t18-/m0/s1. The van der Waals surface area contributed by atoms with Crippen molar-refractivity contribution in [2.75, 3.05) is 0 Å². The fraction of sp³-hybridized carbons (Fsp3) is 0.286. The number of fused-ring (bicyclic) bond motifs is 1. The largest absolute Gasteiger partial charge is 0.461 e. The van der Waals surface area contributed by atoms with Crippen LogP contribution in [0.5, 0.6) is 0 Å². The number of benzene rings is 1. The molecule has 0 aliphatic carbocycles. The summed E-state index contributed by atoms with van der Waals surface area (Å²) in [7, 11) is 0. The SMILES string of the molecule is CC(C)OC(=O)[C@H](Cc1c[nH]c2ncccc12)NC(=O)OCc1ccccc1. The number of hydrogen-bond donors (Lipinski definition) is 2. The van der Waals surface area contributed by atoms with E-state index in [-0.39, 0.29) is 19.1 Å². The van der Waals surface area contributed by atoms with Crippen LogP contribution in [-0.4, -0.2) is 34.2 Å². The molecule has 0 saturated heterocycles. The van der Waals surface area contributed by atoms with E-state index in [2.05, 4.69) is 15.3 Å². The van der Waals surface area contributed by atoms with E-state index >= 15 is 0 Å². The monoisotopic (exact) mass is 381 g/mol. The number of pyridine rings is 1. The minimum atomic E-state index is -0.870. The van der Waals surface area contributed by atoms with Gasteiger partial charge in [0.05, 0.1) is 6.10 Å². The van der Waals surface area contributed by atoms with Crippen LogP contribution in [0.2, 0.25) is 0 Å². The van der Waals surface area contributed by atoms with Crippen molar-refractivity contribution >= 4 is 23.1 Å². The second-order valence-electron chi connectivity index (χ2n) is 6.66. The number of alkyl carbamates (subject to hydrolysis) is 1. The number of rotatable bonds is 7. The van der Waals surface area contributed by atoms with E-state index in [1.54, 1.807) is 26.2 Å². The Morgan fingerprint density at radius 3 is 2.68 bits per heavy atom. The zero-order valence-electron chi connectivity index (χ0n) is 15.8. The Bertz CT molecular complexity index is 937. The van der Waals surface area contributed by atoms with E-state index in [9.17, 15) is 9.59 Å². The van der Waals surface area contributed by atoms with Crippen molar-refractivity contribution in [1.29, 1.82) is 0 Å². The molecule has 146 valence electrons. The summed E-state index contributed by atoms with van der Waals surface area (Å²) < 4.78 is 10.5. The van der Waals surface area contributed by atoms with E-state index in [4.69, 9.17) is 9.47 Å². The number of ether oxygens (including phenoxy) is 2. The van der Waals surface area contributed by atoms with Crippen LogP contribution in [0.15, 0.2) is 54.9 Å². The van der Waals surface area contributed by atoms with Gasteiger partial charge in [-0.1, -0.05) is 30.3 Å². The van der Waals surface area contributed by atoms with Crippen LogP contribution >= 0.6 is 0 Å². The summed E-state index contributed by atoms with van der Waals surface area (Å²) in [6.45, 7) is 3.65. The molecule has 1 amide bonds. The van der Waals surface area contributed by atoms with Gasteiger partial charge in [0.25, 0.3) is 0 Å². The third kappa shape index (κ3) is 5.09. The van der Waals surface area contributed by atoms with Gasteiger partial charge in [0.1, 0.15) is 18.3 Å². The Kier molecular flexibility index (Phi) is 6.26. The topological polar surface area (TPSA) is 93.3 Å². The molecule has 0 aliphatic heterocycles. The second kappa shape index (κ2) is 9.03. The average Bonchev–Trinajstić information content (AvgIpc) is 3.09. The first-order chi connectivity index (χ1) is 13.5. The van der Waals surface area contributed by atoms with Crippen molar-refractivity contribution in [2.24, 2.45) is 0 Å². The number of aromatic amines is 1. The summed E-state index contributed by atoms with van der Waals surface area (Å²) in [6.07, 6.45) is 2.77. The van der Waals surface area contributed by atoms with Gasteiger partial charge in [-0.3, -0.25) is 0 Å². The summed E-state index contributed by atoms with van der Waals surface area (Å²) in [5, 5.41) is 3.52. The average molecular weight is 381 g/mol. The highest BCUT2D eigenvalue weighted by atomic mass is 16.6. The van der Waals surface area contributed by atoms with E-state index in [1.165, 1.54) is 0 Å². The Labute approximate surface area is 163 Å². The summed E-state index contributed by atoms with van der Waals surface area (Å²) in [4.78, 5) is 32.1. The van der Waals surface area contributed by atoms with E-state index in [0.717, 1.165) is 22.2 Å². The molecule has 7 heteroatoms.